The van der Waals surface area contributed by atoms with Gasteiger partial charge in [0.05, 0.1) is 55.7 Å². The SMILES string of the molecule is Brc1cccc(-c2ccc(-n3c4ccccc4c4ccccc43)cc2)c1.CC(C)(O)C(C)(C)O.CC1(C)OB(c2cccc(-c3ccc(-n4c5ccccc5c5ccccc54)cc3)c2)OC1(C)C.CI.CI.[B]B1OC(C)(C)C(C)(C)O1. The van der Waals surface area contributed by atoms with Gasteiger partial charge in [-0.1, -0.05) is 195 Å². The Morgan fingerprint density at radius 2 is 0.707 bits per heavy atom. The van der Waals surface area contributed by atoms with E-state index < -0.39 is 18.2 Å². The number of para-hydroxylation sites is 4. The topological polar surface area (TPSA) is 87.2 Å². The van der Waals surface area contributed by atoms with Gasteiger partial charge in [0.15, 0.2) is 0 Å². The van der Waals surface area contributed by atoms with Crippen molar-refractivity contribution in [2.75, 3.05) is 9.86 Å². The van der Waals surface area contributed by atoms with Gasteiger partial charge in [0.1, 0.15) is 7.74 Å². The highest BCUT2D eigenvalue weighted by molar-refractivity contribution is 14.1. The summed E-state index contributed by atoms with van der Waals surface area (Å²) in [5.41, 5.74) is 9.78. The Hall–Kier alpha value is -4.75. The minimum Gasteiger partial charge on any atom is -0.411 e. The zero-order chi connectivity index (χ0) is 60.0. The normalized spacial score (nSPS) is 15.7. The number of hydrogen-bond donors (Lipinski definition) is 2. The first-order valence-corrected chi connectivity index (χ1v) is 32.6. The second kappa shape index (κ2) is 26.7. The second-order valence-corrected chi connectivity index (χ2v) is 24.2. The third kappa shape index (κ3) is 14.3. The molecule has 0 aliphatic carbocycles. The van der Waals surface area contributed by atoms with Crippen molar-refractivity contribution in [2.45, 2.75) is 117 Å². The number of alkyl halides is 2. The van der Waals surface area contributed by atoms with Gasteiger partial charge in [-0.15, -0.1) is 0 Å². The Labute approximate surface area is 524 Å². The Kier molecular flexibility index (Phi) is 21.1. The molecule has 2 radical (unpaired) electrons. The molecule has 4 heterocycles. The van der Waals surface area contributed by atoms with Crippen LogP contribution < -0.4 is 5.46 Å². The molecule has 2 aliphatic heterocycles. The van der Waals surface area contributed by atoms with Gasteiger partial charge in [-0.3, -0.25) is 0 Å². The molecule has 0 unspecified atom stereocenters. The first-order chi connectivity index (χ1) is 38.7. The van der Waals surface area contributed by atoms with Gasteiger partial charge in [-0.2, -0.15) is 0 Å². The summed E-state index contributed by atoms with van der Waals surface area (Å²) in [6.45, 7) is 22.5. The van der Waals surface area contributed by atoms with E-state index in [1.807, 2.05) is 37.6 Å². The molecule has 2 N–H and O–H groups in total. The lowest BCUT2D eigenvalue weighted by Crippen LogP contribution is -2.44. The maximum absolute atomic E-state index is 9.10. The number of hydrogen-bond acceptors (Lipinski definition) is 6. The maximum atomic E-state index is 9.10. The molecule has 2 aromatic heterocycles. The average molecular weight is 1380 g/mol. The van der Waals surface area contributed by atoms with Crippen LogP contribution in [0.15, 0.2) is 199 Å². The fraction of sp³-hybridized carbons (Fsp3) is 0.294. The molecule has 2 aliphatic rings. The third-order valence-electron chi connectivity index (χ3n) is 16.1. The number of fused-ring (bicyclic) bond motifs is 6. The summed E-state index contributed by atoms with van der Waals surface area (Å²) < 4.78 is 29.0. The highest BCUT2D eigenvalue weighted by Crippen LogP contribution is 2.39. The predicted molar refractivity (Wildman–Crippen MR) is 370 cm³/mol. The molecule has 10 aromatic rings. The van der Waals surface area contributed by atoms with Crippen LogP contribution in [-0.4, -0.2) is 84.7 Å². The van der Waals surface area contributed by atoms with E-state index in [2.05, 4.69) is 292 Å². The lowest BCUT2D eigenvalue weighted by molar-refractivity contribution is -0.107. The van der Waals surface area contributed by atoms with Gasteiger partial charge in [0, 0.05) is 37.4 Å². The van der Waals surface area contributed by atoms with Crippen LogP contribution in [0.3, 0.4) is 0 Å². The summed E-state index contributed by atoms with van der Waals surface area (Å²) in [6.07, 6.45) is 0. The summed E-state index contributed by atoms with van der Waals surface area (Å²) in [4.78, 5) is 3.94. The van der Waals surface area contributed by atoms with Crippen molar-refractivity contribution in [2.24, 2.45) is 0 Å². The van der Waals surface area contributed by atoms with E-state index in [1.54, 1.807) is 27.7 Å². The van der Waals surface area contributed by atoms with Crippen LogP contribution in [0, 0.1) is 0 Å². The molecule has 14 heteroatoms. The molecule has 8 nitrogen and oxygen atoms in total. The molecule has 82 heavy (non-hydrogen) atoms. The summed E-state index contributed by atoms with van der Waals surface area (Å²) >= 11 is 7.86. The van der Waals surface area contributed by atoms with E-state index in [1.165, 1.54) is 66.0 Å². The minimum absolute atomic E-state index is 0.285. The van der Waals surface area contributed by atoms with Gasteiger partial charge in [-0.05, 0) is 181 Å². The molecular weight excluding hydrogens is 1310 g/mol. The molecular formula is C68H76B3BrI2N2O6. The zero-order valence-corrected chi connectivity index (χ0v) is 55.7. The second-order valence-electron chi connectivity index (χ2n) is 23.3. The number of aliphatic hydroxyl groups is 2. The van der Waals surface area contributed by atoms with Gasteiger partial charge in [0.2, 0.25) is 0 Å². The molecule has 0 spiro atoms. The lowest BCUT2D eigenvalue weighted by Gasteiger charge is -2.32. The fourth-order valence-corrected chi connectivity index (χ4v) is 9.81. The Morgan fingerprint density at radius 3 is 1.01 bits per heavy atom. The predicted octanol–water partition coefficient (Wildman–Crippen LogP) is 17.3. The molecule has 12 rings (SSSR count). The fourth-order valence-electron chi connectivity index (χ4n) is 9.41. The van der Waals surface area contributed by atoms with Crippen molar-refractivity contribution in [1.82, 2.24) is 9.13 Å². The van der Waals surface area contributed by atoms with Crippen molar-refractivity contribution >= 4 is 132 Å². The van der Waals surface area contributed by atoms with Crippen LogP contribution in [0.4, 0.5) is 0 Å². The number of rotatable bonds is 6. The van der Waals surface area contributed by atoms with Gasteiger partial charge < -0.3 is 38.0 Å². The van der Waals surface area contributed by atoms with Gasteiger partial charge in [0.25, 0.3) is 0 Å². The molecule has 2 fully saturated rings. The van der Waals surface area contributed by atoms with Gasteiger partial charge >= 0.3 is 14.1 Å². The van der Waals surface area contributed by atoms with Crippen molar-refractivity contribution in [3.63, 3.8) is 0 Å². The van der Waals surface area contributed by atoms with E-state index in [-0.39, 0.29) is 29.5 Å². The van der Waals surface area contributed by atoms with E-state index in [9.17, 15) is 0 Å². The van der Waals surface area contributed by atoms with Crippen molar-refractivity contribution in [3.8, 4) is 33.6 Å². The highest BCUT2D eigenvalue weighted by atomic mass is 127. The standard InChI is InChI=1S/C30H28BNO2.C24H16BrN.C6H12B2O2.C6H14O2.2CH3I/c1-29(2)30(3,4)34-31(33-29)23-11-9-10-22(20-23)21-16-18-24(19-17-21)32-27-14-7-5-12-25(27)26-13-6-8-15-28(26)32;25-19-7-5-6-18(16-19)17-12-14-20(15-13-17)26-23-10-3-1-8-21(23)22-9-2-4-11-24(22)26;1-5(2)6(3,4)10-8(7)9-5;1-5(2,7)6(3,4)8;2*1-2/h5-20H,1-4H3;1-16H;1-4H3;7-8H,1-4H3;2*1H3. The largest absolute Gasteiger partial charge is 0.494 e. The van der Waals surface area contributed by atoms with Crippen molar-refractivity contribution in [3.05, 3.63) is 199 Å². The van der Waals surface area contributed by atoms with Crippen LogP contribution in [0.1, 0.15) is 83.1 Å². The molecule has 0 bridgehead atoms. The molecule has 0 saturated carbocycles. The van der Waals surface area contributed by atoms with Crippen molar-refractivity contribution in [1.29, 1.82) is 0 Å². The number of aromatic nitrogens is 2. The first-order valence-electron chi connectivity index (χ1n) is 27.5. The van der Waals surface area contributed by atoms with E-state index >= 15 is 0 Å². The molecule has 424 valence electrons. The Bertz CT molecular complexity index is 3580. The maximum Gasteiger partial charge on any atom is 0.494 e. The summed E-state index contributed by atoms with van der Waals surface area (Å²) in [6, 6.07) is 68.9. The molecule has 8 aromatic carbocycles. The van der Waals surface area contributed by atoms with Crippen molar-refractivity contribution < 1.29 is 28.8 Å². The van der Waals surface area contributed by atoms with Gasteiger partial charge in [-0.25, -0.2) is 0 Å². The van der Waals surface area contributed by atoms with Crippen LogP contribution in [0.25, 0.3) is 77.2 Å². The third-order valence-corrected chi connectivity index (χ3v) is 16.6. The van der Waals surface area contributed by atoms with E-state index in [0.29, 0.717) is 0 Å². The number of halogens is 3. The quantitative estimate of drug-likeness (QED) is 0.0980. The lowest BCUT2D eigenvalue weighted by atomic mass is 9.63. The molecule has 0 amide bonds. The Morgan fingerprint density at radius 1 is 0.402 bits per heavy atom. The van der Waals surface area contributed by atoms with Crippen LogP contribution in [-0.2, 0) is 18.6 Å². The number of benzene rings is 8. The highest BCUT2D eigenvalue weighted by Gasteiger charge is 2.52. The monoisotopic (exact) mass is 1380 g/mol. The summed E-state index contributed by atoms with van der Waals surface area (Å²) in [5.74, 6) is 0. The minimum atomic E-state index is -1.01. The molecule has 0 atom stereocenters. The summed E-state index contributed by atoms with van der Waals surface area (Å²) in [5, 5.41) is 23.3. The average Bonchev–Trinajstić information content (AvgIpc) is 4.34. The smallest absolute Gasteiger partial charge is 0.411 e. The first kappa shape index (κ1) is 64.8. The molecule has 2 saturated heterocycles. The summed E-state index contributed by atoms with van der Waals surface area (Å²) in [7, 11) is 4.52. The number of nitrogens with zero attached hydrogens (tertiary/aromatic N) is 2. The zero-order valence-electron chi connectivity index (χ0n) is 49.8. The van der Waals surface area contributed by atoms with Crippen LogP contribution >= 0.6 is 61.1 Å². The van der Waals surface area contributed by atoms with Crippen LogP contribution in [0.5, 0.6) is 0 Å². The van der Waals surface area contributed by atoms with E-state index in [0.717, 1.165) is 21.2 Å². The van der Waals surface area contributed by atoms with Crippen LogP contribution in [0.2, 0.25) is 0 Å². The van der Waals surface area contributed by atoms with E-state index in [4.69, 9.17) is 36.6 Å². The Balaban J connectivity index is 0.000000177.